The highest BCUT2D eigenvalue weighted by Gasteiger charge is 2.42. The van der Waals surface area contributed by atoms with E-state index in [-0.39, 0.29) is 18.1 Å². The number of aliphatic carboxylic acids is 1. The number of likely N-dealkylation sites (tertiary alicyclic amines) is 1. The minimum absolute atomic E-state index is 0.208. The van der Waals surface area contributed by atoms with Crippen molar-refractivity contribution >= 4 is 12.1 Å². The number of nitrogens with zero attached hydrogens (tertiary/aromatic N) is 1. The van der Waals surface area contributed by atoms with Crippen LogP contribution in [-0.2, 0) is 9.53 Å². The number of carboxylic acids is 1. The van der Waals surface area contributed by atoms with Gasteiger partial charge in [0.25, 0.3) is 0 Å². The summed E-state index contributed by atoms with van der Waals surface area (Å²) in [5, 5.41) is 12.1. The molecule has 2 aliphatic heterocycles. The second-order valence-corrected chi connectivity index (χ2v) is 6.37. The Morgan fingerprint density at radius 3 is 2.63 bits per heavy atom. The van der Waals surface area contributed by atoms with Gasteiger partial charge in [-0.2, -0.15) is 0 Å². The molecular formula is C13H22N2O4. The van der Waals surface area contributed by atoms with E-state index >= 15 is 0 Å². The molecule has 2 saturated heterocycles. The van der Waals surface area contributed by atoms with Crippen LogP contribution in [0.15, 0.2) is 0 Å². The van der Waals surface area contributed by atoms with Crippen molar-refractivity contribution in [3.63, 3.8) is 0 Å². The van der Waals surface area contributed by atoms with E-state index in [0.717, 1.165) is 6.42 Å². The zero-order chi connectivity index (χ0) is 14.2. The van der Waals surface area contributed by atoms with E-state index in [4.69, 9.17) is 9.84 Å². The van der Waals surface area contributed by atoms with Gasteiger partial charge in [0.15, 0.2) is 0 Å². The molecule has 0 spiro atoms. The summed E-state index contributed by atoms with van der Waals surface area (Å²) in [5.74, 6) is -0.597. The van der Waals surface area contributed by atoms with E-state index in [1.165, 1.54) is 0 Å². The Morgan fingerprint density at radius 1 is 1.37 bits per heavy atom. The Kier molecular flexibility index (Phi) is 3.71. The Labute approximate surface area is 113 Å². The summed E-state index contributed by atoms with van der Waals surface area (Å²) in [6.45, 7) is 6.73. The van der Waals surface area contributed by atoms with Crippen LogP contribution in [0.3, 0.4) is 0 Å². The maximum Gasteiger partial charge on any atom is 0.410 e. The van der Waals surface area contributed by atoms with Gasteiger partial charge in [0.1, 0.15) is 11.6 Å². The number of rotatable bonds is 1. The number of hydrogen-bond acceptors (Lipinski definition) is 4. The number of carbonyl (C=O) groups excluding carboxylic acids is 1. The van der Waals surface area contributed by atoms with Gasteiger partial charge < -0.3 is 20.1 Å². The average molecular weight is 270 g/mol. The van der Waals surface area contributed by atoms with Gasteiger partial charge in [-0.1, -0.05) is 0 Å². The molecule has 3 atom stereocenters. The highest BCUT2D eigenvalue weighted by molar-refractivity contribution is 5.74. The predicted molar refractivity (Wildman–Crippen MR) is 68.9 cm³/mol. The molecule has 2 fully saturated rings. The van der Waals surface area contributed by atoms with Crippen molar-refractivity contribution in [3.8, 4) is 0 Å². The first-order chi connectivity index (χ1) is 8.76. The van der Waals surface area contributed by atoms with Crippen LogP contribution < -0.4 is 5.32 Å². The highest BCUT2D eigenvalue weighted by Crippen LogP contribution is 2.28. The molecule has 2 rings (SSSR count). The van der Waals surface area contributed by atoms with Crippen LogP contribution in [0.1, 0.15) is 33.6 Å². The van der Waals surface area contributed by atoms with Crippen LogP contribution in [0.5, 0.6) is 0 Å². The summed E-state index contributed by atoms with van der Waals surface area (Å²) in [6.07, 6.45) is 1.07. The Hall–Kier alpha value is -1.30. The smallest absolute Gasteiger partial charge is 0.410 e. The summed E-state index contributed by atoms with van der Waals surface area (Å²) in [7, 11) is 0. The average Bonchev–Trinajstić information content (AvgIpc) is 2.69. The first-order valence-electron chi connectivity index (χ1n) is 6.73. The second-order valence-electron chi connectivity index (χ2n) is 6.37. The SMILES string of the molecule is CC(C)(C)OC(=O)N1CCC2NC(C(=O)O)CC2C1. The fraction of sp³-hybridized carbons (Fsp3) is 0.846. The molecule has 2 N–H and O–H groups in total. The number of piperidine rings is 1. The maximum absolute atomic E-state index is 12.0. The molecule has 0 aromatic carbocycles. The van der Waals surface area contributed by atoms with Gasteiger partial charge in [0.05, 0.1) is 0 Å². The predicted octanol–water partition coefficient (Wildman–Crippen LogP) is 1.06. The van der Waals surface area contributed by atoms with Crippen LogP contribution in [-0.4, -0.2) is 52.8 Å². The molecule has 0 aromatic rings. The van der Waals surface area contributed by atoms with Crippen molar-refractivity contribution in [2.75, 3.05) is 13.1 Å². The van der Waals surface area contributed by atoms with Gasteiger partial charge >= 0.3 is 12.1 Å². The van der Waals surface area contributed by atoms with Gasteiger partial charge in [-0.15, -0.1) is 0 Å². The van der Waals surface area contributed by atoms with Crippen molar-refractivity contribution < 1.29 is 19.4 Å². The molecule has 0 saturated carbocycles. The van der Waals surface area contributed by atoms with E-state index in [0.29, 0.717) is 19.5 Å². The lowest BCUT2D eigenvalue weighted by Gasteiger charge is -2.35. The summed E-state index contributed by atoms with van der Waals surface area (Å²) in [6, 6.07) is -0.270. The molecular weight excluding hydrogens is 248 g/mol. The van der Waals surface area contributed by atoms with Crippen molar-refractivity contribution in [1.29, 1.82) is 0 Å². The highest BCUT2D eigenvalue weighted by atomic mass is 16.6. The number of amides is 1. The molecule has 1 amide bonds. The fourth-order valence-electron chi connectivity index (χ4n) is 2.78. The molecule has 0 radical (unpaired) electrons. The Balaban J connectivity index is 1.92. The third-order valence-electron chi connectivity index (χ3n) is 3.64. The third kappa shape index (κ3) is 3.37. The molecule has 108 valence electrons. The normalized spacial score (nSPS) is 30.9. The van der Waals surface area contributed by atoms with Crippen molar-refractivity contribution in [3.05, 3.63) is 0 Å². The van der Waals surface area contributed by atoms with Crippen LogP contribution in [0.4, 0.5) is 4.79 Å². The minimum Gasteiger partial charge on any atom is -0.480 e. The van der Waals surface area contributed by atoms with Gasteiger partial charge in [-0.3, -0.25) is 4.79 Å². The molecule has 6 heteroatoms. The minimum atomic E-state index is -0.807. The van der Waals surface area contributed by atoms with E-state index in [1.807, 2.05) is 20.8 Å². The van der Waals surface area contributed by atoms with E-state index < -0.39 is 17.6 Å². The number of hydrogen-bond donors (Lipinski definition) is 2. The molecule has 0 aliphatic carbocycles. The molecule has 0 aromatic heterocycles. The van der Waals surface area contributed by atoms with Crippen LogP contribution in [0.2, 0.25) is 0 Å². The van der Waals surface area contributed by atoms with E-state index in [1.54, 1.807) is 4.90 Å². The number of ether oxygens (including phenoxy) is 1. The molecule has 3 unspecified atom stereocenters. The first kappa shape index (κ1) is 14.1. The number of nitrogens with one attached hydrogen (secondary N) is 1. The number of carboxylic acid groups (broad SMARTS) is 1. The number of fused-ring (bicyclic) bond motifs is 1. The Morgan fingerprint density at radius 2 is 2.05 bits per heavy atom. The molecule has 6 nitrogen and oxygen atoms in total. The Bertz CT molecular complexity index is 377. The van der Waals surface area contributed by atoms with Gasteiger partial charge in [-0.25, -0.2) is 4.79 Å². The zero-order valence-electron chi connectivity index (χ0n) is 11.7. The summed E-state index contributed by atoms with van der Waals surface area (Å²) in [5.41, 5.74) is -0.495. The largest absolute Gasteiger partial charge is 0.480 e. The van der Waals surface area contributed by atoms with Crippen molar-refractivity contribution in [1.82, 2.24) is 10.2 Å². The van der Waals surface area contributed by atoms with Crippen molar-refractivity contribution in [2.24, 2.45) is 5.92 Å². The lowest BCUT2D eigenvalue weighted by Crippen LogP contribution is -2.48. The quantitative estimate of drug-likeness (QED) is 0.745. The molecule has 0 bridgehead atoms. The van der Waals surface area contributed by atoms with E-state index in [9.17, 15) is 9.59 Å². The number of carbonyl (C=O) groups is 2. The van der Waals surface area contributed by atoms with Crippen molar-refractivity contribution in [2.45, 2.75) is 51.3 Å². The van der Waals surface area contributed by atoms with Gasteiger partial charge in [0.2, 0.25) is 0 Å². The molecule has 2 heterocycles. The fourth-order valence-corrected chi connectivity index (χ4v) is 2.78. The van der Waals surface area contributed by atoms with Crippen LogP contribution >= 0.6 is 0 Å². The zero-order valence-corrected chi connectivity index (χ0v) is 11.7. The summed E-state index contributed by atoms with van der Waals surface area (Å²) >= 11 is 0. The summed E-state index contributed by atoms with van der Waals surface area (Å²) < 4.78 is 5.35. The first-order valence-corrected chi connectivity index (χ1v) is 6.73. The molecule has 2 aliphatic rings. The standard InChI is InChI=1S/C13H22N2O4/c1-13(2,3)19-12(18)15-5-4-9-8(7-15)6-10(14-9)11(16)17/h8-10,14H,4-7H2,1-3H3,(H,16,17). The van der Waals surface area contributed by atoms with Crippen LogP contribution in [0.25, 0.3) is 0 Å². The third-order valence-corrected chi connectivity index (χ3v) is 3.64. The maximum atomic E-state index is 12.0. The monoisotopic (exact) mass is 270 g/mol. The van der Waals surface area contributed by atoms with Gasteiger partial charge in [0, 0.05) is 19.1 Å². The van der Waals surface area contributed by atoms with Crippen LogP contribution in [0, 0.1) is 5.92 Å². The summed E-state index contributed by atoms with van der Waals surface area (Å²) in [4.78, 5) is 24.7. The topological polar surface area (TPSA) is 78.9 Å². The molecule has 19 heavy (non-hydrogen) atoms. The van der Waals surface area contributed by atoms with E-state index in [2.05, 4.69) is 5.32 Å². The van der Waals surface area contributed by atoms with Gasteiger partial charge in [-0.05, 0) is 39.5 Å². The second kappa shape index (κ2) is 5.00. The lowest BCUT2D eigenvalue weighted by atomic mass is 9.92. The lowest BCUT2D eigenvalue weighted by molar-refractivity contribution is -0.139.